The third-order valence-electron chi connectivity index (χ3n) is 4.97. The van der Waals surface area contributed by atoms with E-state index in [1.165, 1.54) is 20.9 Å². The predicted octanol–water partition coefficient (Wildman–Crippen LogP) is 3.72. The molecule has 0 saturated carbocycles. The molecule has 1 aromatic carbocycles. The summed E-state index contributed by atoms with van der Waals surface area (Å²) in [6.45, 7) is 9.46. The minimum Gasteiger partial charge on any atom is -0.379 e. The molecule has 0 amide bonds. The number of aryl methyl sites for hydroxylation is 2. The number of thiophene rings is 1. The van der Waals surface area contributed by atoms with E-state index in [2.05, 4.69) is 70.8 Å². The van der Waals surface area contributed by atoms with Gasteiger partial charge in [-0.2, -0.15) is 0 Å². The highest BCUT2D eigenvalue weighted by Gasteiger charge is 2.24. The number of benzene rings is 1. The molecule has 0 aliphatic carbocycles. The summed E-state index contributed by atoms with van der Waals surface area (Å²) in [5.74, 6) is 0.838. The van der Waals surface area contributed by atoms with Crippen molar-refractivity contribution in [1.29, 1.82) is 0 Å². The van der Waals surface area contributed by atoms with E-state index in [9.17, 15) is 0 Å². The second kappa shape index (κ2) is 11.7. The van der Waals surface area contributed by atoms with Crippen LogP contribution in [0.4, 0.5) is 0 Å². The van der Waals surface area contributed by atoms with Gasteiger partial charge in [0.15, 0.2) is 5.96 Å². The van der Waals surface area contributed by atoms with E-state index in [1.807, 2.05) is 18.4 Å². The first-order valence-corrected chi connectivity index (χ1v) is 10.4. The molecule has 1 saturated heterocycles. The van der Waals surface area contributed by atoms with Gasteiger partial charge in [0.05, 0.1) is 19.3 Å². The van der Waals surface area contributed by atoms with Gasteiger partial charge in [0.25, 0.3) is 0 Å². The molecule has 1 aromatic heterocycles. The summed E-state index contributed by atoms with van der Waals surface area (Å²) < 4.78 is 5.54. The number of halogens is 1. The van der Waals surface area contributed by atoms with Gasteiger partial charge in [0, 0.05) is 43.0 Å². The maximum atomic E-state index is 5.54. The summed E-state index contributed by atoms with van der Waals surface area (Å²) in [6, 6.07) is 13.2. The van der Waals surface area contributed by atoms with Crippen molar-refractivity contribution in [3.05, 3.63) is 57.3 Å². The quantitative estimate of drug-likeness (QED) is 0.351. The van der Waals surface area contributed by atoms with Crippen LogP contribution in [0.25, 0.3) is 0 Å². The number of ether oxygens (including phenoxy) is 1. The van der Waals surface area contributed by atoms with Crippen LogP contribution in [-0.2, 0) is 11.3 Å². The minimum absolute atomic E-state index is 0. The fourth-order valence-electron chi connectivity index (χ4n) is 3.33. The largest absolute Gasteiger partial charge is 0.379 e. The first-order chi connectivity index (χ1) is 13.2. The Bertz CT molecular complexity index is 758. The SMILES string of the molecule is CN=C(NCc1ccccc1C)NCC(c1ccc(C)s1)N1CCOCC1.I. The van der Waals surface area contributed by atoms with Crippen molar-refractivity contribution in [3.63, 3.8) is 0 Å². The van der Waals surface area contributed by atoms with Crippen molar-refractivity contribution >= 4 is 41.3 Å². The highest BCUT2D eigenvalue weighted by atomic mass is 127. The van der Waals surface area contributed by atoms with Crippen LogP contribution in [0.3, 0.4) is 0 Å². The van der Waals surface area contributed by atoms with Gasteiger partial charge >= 0.3 is 0 Å². The van der Waals surface area contributed by atoms with Crippen LogP contribution in [0.2, 0.25) is 0 Å². The number of aliphatic imine (C=N–C) groups is 1. The van der Waals surface area contributed by atoms with Crippen LogP contribution >= 0.6 is 35.3 Å². The number of hydrogen-bond donors (Lipinski definition) is 2. The van der Waals surface area contributed by atoms with Crippen molar-refractivity contribution in [3.8, 4) is 0 Å². The van der Waals surface area contributed by atoms with Gasteiger partial charge in [-0.05, 0) is 37.1 Å². The molecule has 1 fully saturated rings. The Balaban J connectivity index is 0.00000280. The lowest BCUT2D eigenvalue weighted by atomic mass is 10.1. The molecule has 1 aliphatic rings. The van der Waals surface area contributed by atoms with E-state index >= 15 is 0 Å². The Hall–Kier alpha value is -1.16. The normalized spacial score (nSPS) is 16.3. The lowest BCUT2D eigenvalue weighted by Gasteiger charge is -2.34. The average molecular weight is 514 g/mol. The van der Waals surface area contributed by atoms with E-state index in [4.69, 9.17) is 4.74 Å². The number of hydrogen-bond acceptors (Lipinski definition) is 4. The van der Waals surface area contributed by atoms with Gasteiger partial charge < -0.3 is 15.4 Å². The molecule has 0 spiro atoms. The summed E-state index contributed by atoms with van der Waals surface area (Å²) in [7, 11) is 1.83. The van der Waals surface area contributed by atoms with E-state index < -0.39 is 0 Å². The lowest BCUT2D eigenvalue weighted by Crippen LogP contribution is -2.46. The molecule has 1 aliphatic heterocycles. The summed E-state index contributed by atoms with van der Waals surface area (Å²) in [5.41, 5.74) is 2.58. The Labute approximate surface area is 189 Å². The molecule has 2 aromatic rings. The third kappa shape index (κ3) is 6.43. The van der Waals surface area contributed by atoms with Crippen molar-refractivity contribution in [1.82, 2.24) is 15.5 Å². The van der Waals surface area contributed by atoms with Crippen molar-refractivity contribution in [2.24, 2.45) is 4.99 Å². The summed E-state index contributed by atoms with van der Waals surface area (Å²) in [6.07, 6.45) is 0. The minimum atomic E-state index is 0. The Morgan fingerprint density at radius 3 is 2.54 bits per heavy atom. The lowest BCUT2D eigenvalue weighted by molar-refractivity contribution is 0.0177. The smallest absolute Gasteiger partial charge is 0.191 e. The molecule has 2 N–H and O–H groups in total. The fourth-order valence-corrected chi connectivity index (χ4v) is 4.35. The molecule has 5 nitrogen and oxygen atoms in total. The topological polar surface area (TPSA) is 48.9 Å². The molecule has 1 atom stereocenters. The molecule has 1 unspecified atom stereocenters. The van der Waals surface area contributed by atoms with Crippen LogP contribution in [0.5, 0.6) is 0 Å². The molecule has 2 heterocycles. The van der Waals surface area contributed by atoms with Gasteiger partial charge in [-0.15, -0.1) is 35.3 Å². The number of morpholine rings is 1. The standard InChI is InChI=1S/C21H30N4OS.HI/c1-16-6-4-5-7-18(16)14-23-21(22-3)24-15-19(20-9-8-17(2)27-20)25-10-12-26-13-11-25;/h4-9,19H,10-15H2,1-3H3,(H2,22,23,24);1H. The molecule has 28 heavy (non-hydrogen) atoms. The van der Waals surface area contributed by atoms with Gasteiger partial charge in [0.2, 0.25) is 0 Å². The molecule has 3 rings (SSSR count). The fraction of sp³-hybridized carbons (Fsp3) is 0.476. The molecule has 0 bridgehead atoms. The second-order valence-electron chi connectivity index (χ2n) is 6.85. The molecular formula is C21H31IN4OS. The summed E-state index contributed by atoms with van der Waals surface area (Å²) >= 11 is 1.88. The van der Waals surface area contributed by atoms with E-state index in [0.717, 1.165) is 45.4 Å². The van der Waals surface area contributed by atoms with Gasteiger partial charge in [0.1, 0.15) is 0 Å². The molecule has 154 valence electrons. The first kappa shape index (κ1) is 23.1. The van der Waals surface area contributed by atoms with Gasteiger partial charge in [-0.1, -0.05) is 24.3 Å². The monoisotopic (exact) mass is 514 g/mol. The zero-order valence-electron chi connectivity index (χ0n) is 16.9. The number of nitrogens with zero attached hydrogens (tertiary/aromatic N) is 2. The Morgan fingerprint density at radius 1 is 1.14 bits per heavy atom. The van der Waals surface area contributed by atoms with E-state index in [1.54, 1.807) is 0 Å². The summed E-state index contributed by atoms with van der Waals surface area (Å²) in [4.78, 5) is 9.67. The molecular weight excluding hydrogens is 483 g/mol. The van der Waals surface area contributed by atoms with E-state index in [0.29, 0.717) is 6.04 Å². The average Bonchev–Trinajstić information content (AvgIpc) is 3.12. The number of nitrogens with one attached hydrogen (secondary N) is 2. The zero-order chi connectivity index (χ0) is 19.1. The number of rotatable bonds is 6. The van der Waals surface area contributed by atoms with Crippen molar-refractivity contribution < 1.29 is 4.74 Å². The first-order valence-electron chi connectivity index (χ1n) is 9.54. The Kier molecular flexibility index (Phi) is 9.70. The zero-order valence-corrected chi connectivity index (χ0v) is 20.1. The van der Waals surface area contributed by atoms with Gasteiger partial charge in [-0.3, -0.25) is 9.89 Å². The molecule has 0 radical (unpaired) electrons. The highest BCUT2D eigenvalue weighted by molar-refractivity contribution is 14.0. The molecule has 7 heteroatoms. The Morgan fingerprint density at radius 2 is 1.89 bits per heavy atom. The predicted molar refractivity (Wildman–Crippen MR) is 129 cm³/mol. The van der Waals surface area contributed by atoms with Crippen molar-refractivity contribution in [2.45, 2.75) is 26.4 Å². The van der Waals surface area contributed by atoms with Crippen LogP contribution < -0.4 is 10.6 Å². The maximum absolute atomic E-state index is 5.54. The van der Waals surface area contributed by atoms with Crippen LogP contribution in [0, 0.1) is 13.8 Å². The number of guanidine groups is 1. The summed E-state index contributed by atoms with van der Waals surface area (Å²) in [5, 5.41) is 6.97. The highest BCUT2D eigenvalue weighted by Crippen LogP contribution is 2.27. The third-order valence-corrected chi connectivity index (χ3v) is 6.07. The van der Waals surface area contributed by atoms with Crippen LogP contribution in [-0.4, -0.2) is 50.8 Å². The van der Waals surface area contributed by atoms with Gasteiger partial charge in [-0.25, -0.2) is 0 Å². The van der Waals surface area contributed by atoms with Crippen LogP contribution in [0.1, 0.15) is 26.9 Å². The van der Waals surface area contributed by atoms with Crippen LogP contribution in [0.15, 0.2) is 41.4 Å². The van der Waals surface area contributed by atoms with E-state index in [-0.39, 0.29) is 24.0 Å². The van der Waals surface area contributed by atoms with Crippen molar-refractivity contribution in [2.75, 3.05) is 39.9 Å². The second-order valence-corrected chi connectivity index (χ2v) is 8.17. The maximum Gasteiger partial charge on any atom is 0.191 e.